The molecule has 0 aliphatic carbocycles. The number of carbonyl (C=O) groups is 2. The topological polar surface area (TPSA) is 103 Å². The highest BCUT2D eigenvalue weighted by Gasteiger charge is 2.13. The number of benzene rings is 2. The van der Waals surface area contributed by atoms with Crippen molar-refractivity contribution in [1.82, 2.24) is 5.43 Å². The lowest BCUT2D eigenvalue weighted by Crippen LogP contribution is -2.20. The first-order valence-corrected chi connectivity index (χ1v) is 9.74. The molecule has 0 spiro atoms. The highest BCUT2D eigenvalue weighted by molar-refractivity contribution is 14.1. The zero-order valence-electron chi connectivity index (χ0n) is 14.4. The van der Waals surface area contributed by atoms with Gasteiger partial charge in [-0.3, -0.25) is 9.59 Å². The molecule has 0 fully saturated rings. The number of nitrogens with one attached hydrogen (secondary N) is 1. The Morgan fingerprint density at radius 3 is 2.59 bits per heavy atom. The monoisotopic (exact) mass is 545 g/mol. The Morgan fingerprint density at radius 2 is 1.96 bits per heavy atom. The summed E-state index contributed by atoms with van der Waals surface area (Å²) in [6, 6.07) is 10.4. The lowest BCUT2D eigenvalue weighted by atomic mass is 10.2. The minimum Gasteiger partial charge on any atom is -0.490 e. The normalized spacial score (nSPS) is 10.6. The van der Waals surface area contributed by atoms with Gasteiger partial charge >= 0.3 is 0 Å². The minimum absolute atomic E-state index is 0.243. The van der Waals surface area contributed by atoms with E-state index in [1.807, 2.05) is 6.92 Å². The third-order valence-electron chi connectivity index (χ3n) is 3.18. The SMILES string of the molecule is CCOc1cc(/C=N/NC(=O)c2ccc(Br)cc2)cc(I)c1OCC(N)=O. The minimum atomic E-state index is -0.574. The quantitative estimate of drug-likeness (QED) is 0.302. The van der Waals surface area contributed by atoms with Gasteiger partial charge in [0.25, 0.3) is 11.8 Å². The highest BCUT2D eigenvalue weighted by atomic mass is 127. The van der Waals surface area contributed by atoms with Crippen LogP contribution in [0.1, 0.15) is 22.8 Å². The predicted octanol–water partition coefficient (Wildman–Crippen LogP) is 3.08. The molecule has 0 bridgehead atoms. The fraction of sp³-hybridized carbons (Fsp3) is 0.167. The van der Waals surface area contributed by atoms with Crippen LogP contribution >= 0.6 is 38.5 Å². The van der Waals surface area contributed by atoms with Gasteiger partial charge in [0.15, 0.2) is 18.1 Å². The number of rotatable bonds is 8. The lowest BCUT2D eigenvalue weighted by Gasteiger charge is -2.13. The van der Waals surface area contributed by atoms with Gasteiger partial charge in [0.1, 0.15) is 0 Å². The van der Waals surface area contributed by atoms with Crippen LogP contribution < -0.4 is 20.6 Å². The Hall–Kier alpha value is -2.14. The Labute approximate surface area is 178 Å². The lowest BCUT2D eigenvalue weighted by molar-refractivity contribution is -0.119. The van der Waals surface area contributed by atoms with Crippen LogP contribution in [0.3, 0.4) is 0 Å². The number of hydrazone groups is 1. The maximum absolute atomic E-state index is 12.1. The largest absolute Gasteiger partial charge is 0.490 e. The molecule has 9 heteroatoms. The van der Waals surface area contributed by atoms with E-state index in [0.29, 0.717) is 29.2 Å². The van der Waals surface area contributed by atoms with Gasteiger partial charge in [0, 0.05) is 10.0 Å². The summed E-state index contributed by atoms with van der Waals surface area (Å²) in [4.78, 5) is 23.0. The molecule has 2 aromatic carbocycles. The molecule has 0 radical (unpaired) electrons. The zero-order chi connectivity index (χ0) is 19.8. The second-order valence-electron chi connectivity index (χ2n) is 5.22. The van der Waals surface area contributed by atoms with E-state index < -0.39 is 5.91 Å². The molecule has 0 saturated carbocycles. The first-order valence-electron chi connectivity index (χ1n) is 7.87. The number of nitrogens with zero attached hydrogens (tertiary/aromatic N) is 1. The fourth-order valence-corrected chi connectivity index (χ4v) is 3.09. The van der Waals surface area contributed by atoms with Crippen molar-refractivity contribution in [1.29, 1.82) is 0 Å². The summed E-state index contributed by atoms with van der Waals surface area (Å²) < 4.78 is 12.6. The number of ether oxygens (including phenoxy) is 2. The van der Waals surface area contributed by atoms with Gasteiger partial charge < -0.3 is 15.2 Å². The van der Waals surface area contributed by atoms with E-state index >= 15 is 0 Å². The maximum atomic E-state index is 12.1. The molecule has 0 aliphatic rings. The van der Waals surface area contributed by atoms with Crippen LogP contribution in [0.2, 0.25) is 0 Å². The summed E-state index contributed by atoms with van der Waals surface area (Å²) in [6.07, 6.45) is 1.50. The Balaban J connectivity index is 2.12. The third-order valence-corrected chi connectivity index (χ3v) is 4.51. The van der Waals surface area contributed by atoms with E-state index in [1.165, 1.54) is 6.21 Å². The molecule has 0 unspecified atom stereocenters. The second-order valence-corrected chi connectivity index (χ2v) is 7.30. The molecule has 2 amide bonds. The molecule has 3 N–H and O–H groups in total. The van der Waals surface area contributed by atoms with E-state index in [-0.39, 0.29) is 12.5 Å². The summed E-state index contributed by atoms with van der Waals surface area (Å²) in [6.45, 7) is 2.01. The summed E-state index contributed by atoms with van der Waals surface area (Å²) in [5.74, 6) is 0.00747. The summed E-state index contributed by atoms with van der Waals surface area (Å²) in [7, 11) is 0. The average Bonchev–Trinajstić information content (AvgIpc) is 2.61. The highest BCUT2D eigenvalue weighted by Crippen LogP contribution is 2.33. The second kappa shape index (κ2) is 10.3. The Morgan fingerprint density at radius 1 is 1.26 bits per heavy atom. The number of halogens is 2. The van der Waals surface area contributed by atoms with Crippen LogP contribution in [-0.2, 0) is 4.79 Å². The van der Waals surface area contributed by atoms with Crippen LogP contribution in [-0.4, -0.2) is 31.2 Å². The van der Waals surface area contributed by atoms with E-state index in [0.717, 1.165) is 8.04 Å². The van der Waals surface area contributed by atoms with Crippen LogP contribution in [0.25, 0.3) is 0 Å². The fourth-order valence-electron chi connectivity index (χ4n) is 2.04. The van der Waals surface area contributed by atoms with Crippen molar-refractivity contribution in [3.63, 3.8) is 0 Å². The van der Waals surface area contributed by atoms with Crippen LogP contribution in [0.4, 0.5) is 0 Å². The number of hydrogen-bond donors (Lipinski definition) is 2. The van der Waals surface area contributed by atoms with Crippen molar-refractivity contribution in [3.8, 4) is 11.5 Å². The molecule has 2 aromatic rings. The van der Waals surface area contributed by atoms with Crippen molar-refractivity contribution in [2.75, 3.05) is 13.2 Å². The molecule has 7 nitrogen and oxygen atoms in total. The summed E-state index contributed by atoms with van der Waals surface area (Å²) in [5, 5.41) is 3.98. The van der Waals surface area contributed by atoms with Crippen molar-refractivity contribution in [2.24, 2.45) is 10.8 Å². The van der Waals surface area contributed by atoms with E-state index in [1.54, 1.807) is 36.4 Å². The van der Waals surface area contributed by atoms with Gasteiger partial charge in [-0.25, -0.2) is 5.43 Å². The first-order chi connectivity index (χ1) is 12.9. The van der Waals surface area contributed by atoms with Gasteiger partial charge in [0.2, 0.25) is 0 Å². The number of carbonyl (C=O) groups excluding carboxylic acids is 2. The maximum Gasteiger partial charge on any atom is 0.271 e. The van der Waals surface area contributed by atoms with Gasteiger partial charge in [-0.05, 0) is 71.5 Å². The van der Waals surface area contributed by atoms with Crippen LogP contribution in [0.15, 0.2) is 46.0 Å². The molecule has 27 heavy (non-hydrogen) atoms. The standard InChI is InChI=1S/C18H17BrIN3O4/c1-2-26-15-8-11(7-14(20)17(15)27-10-16(21)24)9-22-23-18(25)12-3-5-13(19)6-4-12/h3-9H,2,10H2,1H3,(H2,21,24)(H,23,25)/b22-9+. The molecular weight excluding hydrogens is 529 g/mol. The average molecular weight is 546 g/mol. The van der Waals surface area contributed by atoms with Crippen molar-refractivity contribution < 1.29 is 19.1 Å². The van der Waals surface area contributed by atoms with Gasteiger partial charge in [0.05, 0.1) is 16.4 Å². The summed E-state index contributed by atoms with van der Waals surface area (Å²) in [5.41, 5.74) is 8.79. The Kier molecular flexibility index (Phi) is 8.04. The first kappa shape index (κ1) is 21.2. The smallest absolute Gasteiger partial charge is 0.271 e. The van der Waals surface area contributed by atoms with Crippen LogP contribution in [0.5, 0.6) is 11.5 Å². The number of hydrogen-bond acceptors (Lipinski definition) is 5. The number of nitrogens with two attached hydrogens (primary N) is 1. The molecule has 0 saturated heterocycles. The predicted molar refractivity (Wildman–Crippen MR) is 114 cm³/mol. The van der Waals surface area contributed by atoms with Gasteiger partial charge in [-0.2, -0.15) is 5.10 Å². The molecule has 0 aliphatic heterocycles. The molecule has 0 atom stereocenters. The molecule has 142 valence electrons. The van der Waals surface area contributed by atoms with Crippen LogP contribution in [0, 0.1) is 3.57 Å². The van der Waals surface area contributed by atoms with Crippen molar-refractivity contribution >= 4 is 56.5 Å². The number of amides is 2. The van der Waals surface area contributed by atoms with Gasteiger partial charge in [-0.15, -0.1) is 0 Å². The molecule has 0 heterocycles. The Bertz CT molecular complexity index is 856. The summed E-state index contributed by atoms with van der Waals surface area (Å²) >= 11 is 5.38. The van der Waals surface area contributed by atoms with Gasteiger partial charge in [-0.1, -0.05) is 15.9 Å². The van der Waals surface area contributed by atoms with E-state index in [9.17, 15) is 9.59 Å². The van der Waals surface area contributed by atoms with E-state index in [2.05, 4.69) is 49.0 Å². The van der Waals surface area contributed by atoms with E-state index in [4.69, 9.17) is 15.2 Å². The van der Waals surface area contributed by atoms with Crippen molar-refractivity contribution in [3.05, 3.63) is 55.6 Å². The zero-order valence-corrected chi connectivity index (χ0v) is 18.1. The molecule has 0 aromatic heterocycles. The van der Waals surface area contributed by atoms with Crippen molar-refractivity contribution in [2.45, 2.75) is 6.92 Å². The molecular formula is C18H17BrIN3O4. The third kappa shape index (κ3) is 6.51. The molecule has 2 rings (SSSR count). The number of primary amides is 1.